The fourth-order valence-corrected chi connectivity index (χ4v) is 1.18. The molecule has 1 heterocycles. The van der Waals surface area contributed by atoms with E-state index in [-0.39, 0.29) is 6.10 Å². The molecule has 0 saturated carbocycles. The van der Waals surface area contributed by atoms with Crippen LogP contribution in [0.15, 0.2) is 0 Å². The van der Waals surface area contributed by atoms with Gasteiger partial charge in [-0.25, -0.2) is 0 Å². The first kappa shape index (κ1) is 7.03. The molecular formula is C7H14O2. The topological polar surface area (TPSA) is 29.5 Å². The molecule has 0 radical (unpaired) electrons. The predicted octanol–water partition coefficient (Wildman–Crippen LogP) is 0.792. The lowest BCUT2D eigenvalue weighted by Crippen LogP contribution is -2.34. The third kappa shape index (κ3) is 1.66. The molecule has 2 unspecified atom stereocenters. The number of ether oxygens (including phenoxy) is 1. The van der Waals surface area contributed by atoms with E-state index in [1.54, 1.807) is 0 Å². The molecule has 0 amide bonds. The van der Waals surface area contributed by atoms with Gasteiger partial charge in [-0.05, 0) is 19.3 Å². The Balaban J connectivity index is 2.35. The molecule has 2 heteroatoms. The summed E-state index contributed by atoms with van der Waals surface area (Å²) >= 11 is 0. The molecule has 0 aromatic carbocycles. The minimum absolute atomic E-state index is 0.235. The monoisotopic (exact) mass is 130 g/mol. The van der Waals surface area contributed by atoms with Gasteiger partial charge in [0.1, 0.15) is 0 Å². The normalized spacial score (nSPS) is 45.0. The van der Waals surface area contributed by atoms with Gasteiger partial charge in [0.05, 0.1) is 18.8 Å². The molecule has 1 rings (SSSR count). The van der Waals surface area contributed by atoms with Crippen molar-refractivity contribution in [2.45, 2.75) is 32.5 Å². The Hall–Kier alpha value is -0.0800. The van der Waals surface area contributed by atoms with Crippen molar-refractivity contribution in [1.29, 1.82) is 0 Å². The van der Waals surface area contributed by atoms with Crippen LogP contribution in [0.3, 0.4) is 0 Å². The Kier molecular flexibility index (Phi) is 2.09. The molecule has 1 N–H and O–H groups in total. The lowest BCUT2D eigenvalue weighted by molar-refractivity contribution is -0.0762. The molecule has 2 nitrogen and oxygen atoms in total. The van der Waals surface area contributed by atoms with E-state index in [1.165, 1.54) is 0 Å². The molecule has 1 aliphatic rings. The SMILES string of the molecule is CC1C[C@@H](C)OCC1O. The van der Waals surface area contributed by atoms with Gasteiger partial charge in [-0.3, -0.25) is 0 Å². The van der Waals surface area contributed by atoms with E-state index in [0.717, 1.165) is 6.42 Å². The van der Waals surface area contributed by atoms with Crippen LogP contribution in [0, 0.1) is 5.92 Å². The maximum atomic E-state index is 9.17. The van der Waals surface area contributed by atoms with E-state index in [1.807, 2.05) is 6.92 Å². The van der Waals surface area contributed by atoms with Gasteiger partial charge < -0.3 is 9.84 Å². The minimum Gasteiger partial charge on any atom is -0.390 e. The van der Waals surface area contributed by atoms with Crippen molar-refractivity contribution in [3.05, 3.63) is 0 Å². The number of aliphatic hydroxyl groups excluding tert-OH is 1. The van der Waals surface area contributed by atoms with E-state index in [2.05, 4.69) is 6.92 Å². The van der Waals surface area contributed by atoms with Crippen molar-refractivity contribution < 1.29 is 9.84 Å². The minimum atomic E-state index is -0.235. The first-order valence-electron chi connectivity index (χ1n) is 3.50. The van der Waals surface area contributed by atoms with Gasteiger partial charge >= 0.3 is 0 Å². The second-order valence-electron chi connectivity index (χ2n) is 2.92. The highest BCUT2D eigenvalue weighted by Gasteiger charge is 2.23. The number of aliphatic hydroxyl groups is 1. The molecule has 0 aromatic rings. The molecule has 1 saturated heterocycles. The summed E-state index contributed by atoms with van der Waals surface area (Å²) < 4.78 is 5.21. The van der Waals surface area contributed by atoms with Crippen LogP contribution in [-0.4, -0.2) is 23.9 Å². The molecule has 3 atom stereocenters. The van der Waals surface area contributed by atoms with Gasteiger partial charge in [0.15, 0.2) is 0 Å². The van der Waals surface area contributed by atoms with Gasteiger partial charge in [0.2, 0.25) is 0 Å². The first-order chi connectivity index (χ1) is 4.20. The molecular weight excluding hydrogens is 116 g/mol. The summed E-state index contributed by atoms with van der Waals surface area (Å²) in [5.41, 5.74) is 0. The summed E-state index contributed by atoms with van der Waals surface area (Å²) in [6.07, 6.45) is 1.09. The molecule has 0 aliphatic carbocycles. The third-order valence-electron chi connectivity index (χ3n) is 1.91. The third-order valence-corrected chi connectivity index (χ3v) is 1.91. The van der Waals surface area contributed by atoms with Gasteiger partial charge in [-0.15, -0.1) is 0 Å². The van der Waals surface area contributed by atoms with Crippen LogP contribution < -0.4 is 0 Å². The Morgan fingerprint density at radius 2 is 2.11 bits per heavy atom. The van der Waals surface area contributed by atoms with E-state index in [9.17, 15) is 5.11 Å². The summed E-state index contributed by atoms with van der Waals surface area (Å²) in [5, 5.41) is 9.17. The van der Waals surface area contributed by atoms with Crippen LogP contribution in [0.1, 0.15) is 20.3 Å². The molecule has 9 heavy (non-hydrogen) atoms. The molecule has 1 aliphatic heterocycles. The van der Waals surface area contributed by atoms with E-state index >= 15 is 0 Å². The summed E-state index contributed by atoms with van der Waals surface area (Å²) in [5.74, 6) is 0.411. The van der Waals surface area contributed by atoms with Crippen molar-refractivity contribution in [3.63, 3.8) is 0 Å². The average Bonchev–Trinajstić information content (AvgIpc) is 1.80. The second-order valence-corrected chi connectivity index (χ2v) is 2.92. The fraction of sp³-hybridized carbons (Fsp3) is 1.00. The second kappa shape index (κ2) is 2.67. The van der Waals surface area contributed by atoms with Crippen LogP contribution >= 0.6 is 0 Å². The summed E-state index contributed by atoms with van der Waals surface area (Å²) in [7, 11) is 0. The predicted molar refractivity (Wildman–Crippen MR) is 35.2 cm³/mol. The molecule has 0 spiro atoms. The number of rotatable bonds is 0. The zero-order chi connectivity index (χ0) is 6.85. The lowest BCUT2D eigenvalue weighted by atomic mass is 9.96. The quantitative estimate of drug-likeness (QED) is 0.525. The molecule has 1 fully saturated rings. The number of hydrogen-bond donors (Lipinski definition) is 1. The molecule has 0 aromatic heterocycles. The Morgan fingerprint density at radius 3 is 2.56 bits per heavy atom. The van der Waals surface area contributed by atoms with Crippen molar-refractivity contribution in [1.82, 2.24) is 0 Å². The number of hydrogen-bond acceptors (Lipinski definition) is 2. The van der Waals surface area contributed by atoms with Gasteiger partial charge in [0, 0.05) is 0 Å². The largest absolute Gasteiger partial charge is 0.390 e. The zero-order valence-electron chi connectivity index (χ0n) is 6.00. The van der Waals surface area contributed by atoms with E-state index < -0.39 is 0 Å². The van der Waals surface area contributed by atoms with Crippen molar-refractivity contribution in [3.8, 4) is 0 Å². The highest BCUT2D eigenvalue weighted by molar-refractivity contribution is 4.72. The van der Waals surface area contributed by atoms with Crippen LogP contribution in [0.25, 0.3) is 0 Å². The molecule has 0 bridgehead atoms. The zero-order valence-corrected chi connectivity index (χ0v) is 6.00. The van der Waals surface area contributed by atoms with Crippen LogP contribution in [0.2, 0.25) is 0 Å². The van der Waals surface area contributed by atoms with E-state index in [4.69, 9.17) is 4.74 Å². The average molecular weight is 130 g/mol. The van der Waals surface area contributed by atoms with Crippen molar-refractivity contribution in [2.75, 3.05) is 6.61 Å². The lowest BCUT2D eigenvalue weighted by Gasteiger charge is -2.28. The van der Waals surface area contributed by atoms with Crippen LogP contribution in [0.5, 0.6) is 0 Å². The summed E-state index contributed by atoms with van der Waals surface area (Å²) in [4.78, 5) is 0. The first-order valence-corrected chi connectivity index (χ1v) is 3.50. The van der Waals surface area contributed by atoms with E-state index in [0.29, 0.717) is 18.6 Å². The Labute approximate surface area is 55.8 Å². The van der Waals surface area contributed by atoms with Gasteiger partial charge in [-0.2, -0.15) is 0 Å². The van der Waals surface area contributed by atoms with Crippen LogP contribution in [-0.2, 0) is 4.74 Å². The van der Waals surface area contributed by atoms with Crippen LogP contribution in [0.4, 0.5) is 0 Å². The maximum absolute atomic E-state index is 9.17. The maximum Gasteiger partial charge on any atom is 0.0800 e. The van der Waals surface area contributed by atoms with Gasteiger partial charge in [-0.1, -0.05) is 6.92 Å². The Morgan fingerprint density at radius 1 is 1.44 bits per heavy atom. The molecule has 54 valence electrons. The highest BCUT2D eigenvalue weighted by atomic mass is 16.5. The van der Waals surface area contributed by atoms with Gasteiger partial charge in [0.25, 0.3) is 0 Å². The van der Waals surface area contributed by atoms with Crippen molar-refractivity contribution >= 4 is 0 Å². The Bertz CT molecular complexity index is 92.9. The van der Waals surface area contributed by atoms with Crippen molar-refractivity contribution in [2.24, 2.45) is 5.92 Å². The highest BCUT2D eigenvalue weighted by Crippen LogP contribution is 2.18. The summed E-state index contributed by atoms with van der Waals surface area (Å²) in [6, 6.07) is 0. The fourth-order valence-electron chi connectivity index (χ4n) is 1.18. The standard InChI is InChI=1S/C7H14O2/c1-5-3-6(2)9-4-7(5)8/h5-8H,3-4H2,1-2H3/t5?,6-,7?/m1/s1. The summed E-state index contributed by atoms with van der Waals surface area (Å²) in [6.45, 7) is 4.62. The smallest absolute Gasteiger partial charge is 0.0800 e.